The van der Waals surface area contributed by atoms with Crippen molar-refractivity contribution in [3.63, 3.8) is 0 Å². The maximum atomic E-state index is 12.0. The van der Waals surface area contributed by atoms with Crippen molar-refractivity contribution in [3.8, 4) is 11.5 Å². The van der Waals surface area contributed by atoms with Gasteiger partial charge in [-0.05, 0) is 35.4 Å². The first-order chi connectivity index (χ1) is 12.0. The summed E-state index contributed by atoms with van der Waals surface area (Å²) in [6.45, 7) is 0.432. The van der Waals surface area contributed by atoms with Gasteiger partial charge in [-0.15, -0.1) is 11.8 Å². The Bertz CT molecular complexity index is 740. The molecule has 1 N–H and O–H groups in total. The minimum Gasteiger partial charge on any atom is -0.493 e. The van der Waals surface area contributed by atoms with Crippen LogP contribution < -0.4 is 14.8 Å². The predicted octanol–water partition coefficient (Wildman–Crippen LogP) is 4.56. The quantitative estimate of drug-likeness (QED) is 0.706. The van der Waals surface area contributed by atoms with Crippen LogP contribution in [-0.2, 0) is 17.1 Å². The third-order valence-corrected chi connectivity index (χ3v) is 5.01. The zero-order chi connectivity index (χ0) is 18.2. The van der Waals surface area contributed by atoms with Gasteiger partial charge in [-0.25, -0.2) is 0 Å². The Kier molecular flexibility index (Phi) is 7.75. The summed E-state index contributed by atoms with van der Waals surface area (Å²) < 4.78 is 10.4. The fourth-order valence-electron chi connectivity index (χ4n) is 2.13. The average molecular weight is 400 g/mol. The van der Waals surface area contributed by atoms with Crippen LogP contribution in [0.15, 0.2) is 36.4 Å². The van der Waals surface area contributed by atoms with E-state index in [0.717, 1.165) is 11.1 Å². The van der Waals surface area contributed by atoms with Crippen molar-refractivity contribution in [3.05, 3.63) is 57.6 Å². The lowest BCUT2D eigenvalue weighted by atomic mass is 10.2. The van der Waals surface area contributed by atoms with Crippen molar-refractivity contribution in [2.24, 2.45) is 0 Å². The molecule has 0 fully saturated rings. The number of ether oxygens (including phenoxy) is 2. The van der Waals surface area contributed by atoms with E-state index in [-0.39, 0.29) is 5.91 Å². The summed E-state index contributed by atoms with van der Waals surface area (Å²) in [5.74, 6) is 2.27. The van der Waals surface area contributed by atoms with Crippen molar-refractivity contribution in [2.45, 2.75) is 12.3 Å². The number of benzene rings is 2. The van der Waals surface area contributed by atoms with E-state index >= 15 is 0 Å². The van der Waals surface area contributed by atoms with Crippen LogP contribution in [0, 0.1) is 0 Å². The molecular weight excluding hydrogens is 381 g/mol. The molecular formula is C18H19Cl2NO3S. The largest absolute Gasteiger partial charge is 0.493 e. The van der Waals surface area contributed by atoms with E-state index in [2.05, 4.69) is 5.32 Å². The number of hydrogen-bond acceptors (Lipinski definition) is 4. The second kappa shape index (κ2) is 9.80. The Morgan fingerprint density at radius 1 is 1.08 bits per heavy atom. The van der Waals surface area contributed by atoms with Crippen molar-refractivity contribution in [1.82, 2.24) is 5.32 Å². The Labute approximate surface area is 161 Å². The van der Waals surface area contributed by atoms with Crippen LogP contribution in [-0.4, -0.2) is 25.9 Å². The number of hydrogen-bond donors (Lipinski definition) is 1. The van der Waals surface area contributed by atoms with E-state index in [1.165, 1.54) is 11.8 Å². The monoisotopic (exact) mass is 399 g/mol. The zero-order valence-electron chi connectivity index (χ0n) is 14.0. The van der Waals surface area contributed by atoms with Crippen molar-refractivity contribution >= 4 is 40.9 Å². The summed E-state index contributed by atoms with van der Waals surface area (Å²) in [5.41, 5.74) is 1.90. The van der Waals surface area contributed by atoms with Gasteiger partial charge in [0.25, 0.3) is 0 Å². The topological polar surface area (TPSA) is 47.6 Å². The molecule has 0 bridgehead atoms. The van der Waals surface area contributed by atoms with E-state index in [1.54, 1.807) is 26.4 Å². The van der Waals surface area contributed by atoms with Gasteiger partial charge in [-0.1, -0.05) is 35.3 Å². The Balaban J connectivity index is 1.79. The molecule has 7 heteroatoms. The molecule has 0 aliphatic rings. The normalized spacial score (nSPS) is 10.4. The molecule has 0 saturated heterocycles. The molecule has 0 aliphatic heterocycles. The molecule has 2 aromatic carbocycles. The maximum absolute atomic E-state index is 12.0. The van der Waals surface area contributed by atoms with E-state index in [0.29, 0.717) is 39.6 Å². The van der Waals surface area contributed by atoms with Crippen LogP contribution in [0.2, 0.25) is 10.0 Å². The number of halogens is 2. The summed E-state index contributed by atoms with van der Waals surface area (Å²) >= 11 is 13.5. The zero-order valence-corrected chi connectivity index (χ0v) is 16.3. The highest BCUT2D eigenvalue weighted by molar-refractivity contribution is 7.99. The molecule has 0 unspecified atom stereocenters. The fraction of sp³-hybridized carbons (Fsp3) is 0.278. The van der Waals surface area contributed by atoms with Crippen LogP contribution in [0.4, 0.5) is 0 Å². The van der Waals surface area contributed by atoms with Gasteiger partial charge in [0.15, 0.2) is 11.5 Å². The molecule has 4 nitrogen and oxygen atoms in total. The molecule has 25 heavy (non-hydrogen) atoms. The first-order valence-electron chi connectivity index (χ1n) is 7.52. The molecule has 0 atom stereocenters. The summed E-state index contributed by atoms with van der Waals surface area (Å²) in [6.07, 6.45) is 0. The highest BCUT2D eigenvalue weighted by Gasteiger charge is 2.07. The fourth-order valence-corrected chi connectivity index (χ4v) is 3.55. The third-order valence-electron chi connectivity index (χ3n) is 3.44. The van der Waals surface area contributed by atoms with Gasteiger partial charge in [-0.3, -0.25) is 4.79 Å². The van der Waals surface area contributed by atoms with Gasteiger partial charge in [0, 0.05) is 22.3 Å². The first-order valence-corrected chi connectivity index (χ1v) is 9.44. The summed E-state index contributed by atoms with van der Waals surface area (Å²) in [5, 5.41) is 4.11. The molecule has 0 spiro atoms. The van der Waals surface area contributed by atoms with Crippen LogP contribution >= 0.6 is 35.0 Å². The predicted molar refractivity (Wildman–Crippen MR) is 104 cm³/mol. The molecule has 0 saturated carbocycles. The summed E-state index contributed by atoms with van der Waals surface area (Å²) in [7, 11) is 3.17. The van der Waals surface area contributed by atoms with Crippen LogP contribution in [0.5, 0.6) is 11.5 Å². The Morgan fingerprint density at radius 2 is 1.84 bits per heavy atom. The number of nitrogens with one attached hydrogen (secondary N) is 1. The first kappa shape index (κ1) is 19.8. The van der Waals surface area contributed by atoms with Gasteiger partial charge in [0.1, 0.15) is 0 Å². The van der Waals surface area contributed by atoms with Crippen LogP contribution in [0.25, 0.3) is 0 Å². The summed E-state index contributed by atoms with van der Waals surface area (Å²) in [6, 6.07) is 10.9. The molecule has 1 amide bonds. The number of carbonyl (C=O) groups excluding carboxylic acids is 1. The van der Waals surface area contributed by atoms with Gasteiger partial charge >= 0.3 is 0 Å². The third kappa shape index (κ3) is 6.03. The summed E-state index contributed by atoms with van der Waals surface area (Å²) in [4.78, 5) is 12.0. The van der Waals surface area contributed by atoms with Gasteiger partial charge in [0.05, 0.1) is 20.0 Å². The van der Waals surface area contributed by atoms with Gasteiger partial charge in [-0.2, -0.15) is 0 Å². The standard InChI is InChI=1S/C18H19Cl2NO3S/c1-23-16-6-3-12(7-17(16)24-2)9-21-18(22)11-25-10-13-4-5-14(19)8-15(13)20/h3-8H,9-11H2,1-2H3,(H,21,22). The lowest BCUT2D eigenvalue weighted by Gasteiger charge is -2.10. The Morgan fingerprint density at radius 3 is 2.52 bits per heavy atom. The lowest BCUT2D eigenvalue weighted by Crippen LogP contribution is -2.24. The van der Waals surface area contributed by atoms with Gasteiger partial charge in [0.2, 0.25) is 5.91 Å². The highest BCUT2D eigenvalue weighted by atomic mass is 35.5. The lowest BCUT2D eigenvalue weighted by molar-refractivity contribution is -0.118. The van der Waals surface area contributed by atoms with E-state index in [9.17, 15) is 4.79 Å². The number of methoxy groups -OCH3 is 2. The number of thioether (sulfide) groups is 1. The number of rotatable bonds is 8. The number of amides is 1. The minimum absolute atomic E-state index is 0.0372. The molecule has 0 radical (unpaired) electrons. The Hall–Kier alpha value is -1.56. The molecule has 2 aromatic rings. The SMILES string of the molecule is COc1ccc(CNC(=O)CSCc2ccc(Cl)cc2Cl)cc1OC. The van der Waals surface area contributed by atoms with Crippen molar-refractivity contribution in [1.29, 1.82) is 0 Å². The maximum Gasteiger partial charge on any atom is 0.230 e. The average Bonchev–Trinajstić information content (AvgIpc) is 2.61. The second-order valence-corrected chi connectivity index (χ2v) is 7.02. The molecule has 2 rings (SSSR count). The van der Waals surface area contributed by atoms with Crippen LogP contribution in [0.3, 0.4) is 0 Å². The molecule has 0 aromatic heterocycles. The van der Waals surface area contributed by atoms with E-state index in [4.69, 9.17) is 32.7 Å². The molecule has 134 valence electrons. The second-order valence-electron chi connectivity index (χ2n) is 5.19. The minimum atomic E-state index is -0.0372. The smallest absolute Gasteiger partial charge is 0.230 e. The van der Waals surface area contributed by atoms with Crippen LogP contribution in [0.1, 0.15) is 11.1 Å². The number of carbonyl (C=O) groups is 1. The molecule has 0 aliphatic carbocycles. The van der Waals surface area contributed by atoms with Crippen molar-refractivity contribution in [2.75, 3.05) is 20.0 Å². The van der Waals surface area contributed by atoms with E-state index in [1.807, 2.05) is 24.3 Å². The molecule has 0 heterocycles. The van der Waals surface area contributed by atoms with E-state index < -0.39 is 0 Å². The van der Waals surface area contributed by atoms with Gasteiger partial charge < -0.3 is 14.8 Å². The van der Waals surface area contributed by atoms with Crippen molar-refractivity contribution < 1.29 is 14.3 Å². The highest BCUT2D eigenvalue weighted by Crippen LogP contribution is 2.27.